The van der Waals surface area contributed by atoms with Crippen LogP contribution in [0, 0.1) is 11.8 Å². The summed E-state index contributed by atoms with van der Waals surface area (Å²) in [6.07, 6.45) is -1.65. The average molecular weight is 220 g/mol. The van der Waals surface area contributed by atoms with Gasteiger partial charge in [-0.15, -0.1) is 0 Å². The van der Waals surface area contributed by atoms with Gasteiger partial charge in [-0.3, -0.25) is 0 Å². The fourth-order valence-corrected chi connectivity index (χ4v) is 1.28. The number of rotatable bonds is 7. The lowest BCUT2D eigenvalue weighted by atomic mass is 9.92. The van der Waals surface area contributed by atoms with Crippen LogP contribution in [-0.4, -0.2) is 46.8 Å². The highest BCUT2D eigenvalue weighted by Gasteiger charge is 2.24. The van der Waals surface area contributed by atoms with Crippen molar-refractivity contribution in [1.82, 2.24) is 0 Å². The molecule has 4 nitrogen and oxygen atoms in total. The number of hydrogen-bond acceptors (Lipinski definition) is 4. The van der Waals surface area contributed by atoms with Crippen LogP contribution in [0.5, 0.6) is 0 Å². The van der Waals surface area contributed by atoms with Crippen LogP contribution in [-0.2, 0) is 4.74 Å². The summed E-state index contributed by atoms with van der Waals surface area (Å²) >= 11 is 0. The Bertz CT molecular complexity index is 161. The van der Waals surface area contributed by atoms with Gasteiger partial charge in [0.15, 0.2) is 0 Å². The molecule has 0 aromatic rings. The van der Waals surface area contributed by atoms with Crippen molar-refractivity contribution in [2.45, 2.75) is 46.0 Å². The van der Waals surface area contributed by atoms with E-state index in [1.807, 2.05) is 6.92 Å². The number of aliphatic hydroxyl groups excluding tert-OH is 3. The molecule has 3 N–H and O–H groups in total. The predicted octanol–water partition coefficient (Wildman–Crippen LogP) is 0.398. The Kier molecular flexibility index (Phi) is 7.09. The minimum Gasteiger partial charge on any atom is -0.394 e. The maximum Gasteiger partial charge on any atom is 0.103 e. The second kappa shape index (κ2) is 7.17. The van der Waals surface area contributed by atoms with Gasteiger partial charge >= 0.3 is 0 Å². The highest BCUT2D eigenvalue weighted by atomic mass is 16.5. The monoisotopic (exact) mass is 220 g/mol. The fourth-order valence-electron chi connectivity index (χ4n) is 1.28. The molecular formula is C11H24O4. The van der Waals surface area contributed by atoms with E-state index >= 15 is 0 Å². The largest absolute Gasteiger partial charge is 0.394 e. The third-order valence-electron chi connectivity index (χ3n) is 2.94. The zero-order valence-corrected chi connectivity index (χ0v) is 10.1. The van der Waals surface area contributed by atoms with E-state index in [2.05, 4.69) is 13.8 Å². The van der Waals surface area contributed by atoms with E-state index in [4.69, 9.17) is 9.84 Å². The fraction of sp³-hybridized carbons (Fsp3) is 1.00. The molecule has 0 spiro atoms. The van der Waals surface area contributed by atoms with Gasteiger partial charge in [0, 0.05) is 0 Å². The molecular weight excluding hydrogens is 196 g/mol. The lowest BCUT2D eigenvalue weighted by Crippen LogP contribution is -2.38. The third kappa shape index (κ3) is 4.93. The molecule has 0 aromatic heterocycles. The first-order chi connectivity index (χ1) is 6.93. The van der Waals surface area contributed by atoms with Crippen LogP contribution in [0.2, 0.25) is 0 Å². The molecule has 0 radical (unpaired) electrons. The molecule has 92 valence electrons. The quantitative estimate of drug-likeness (QED) is 0.581. The molecule has 0 saturated carbocycles. The van der Waals surface area contributed by atoms with E-state index in [9.17, 15) is 10.2 Å². The normalized spacial score (nSPS) is 20.0. The molecule has 0 aromatic carbocycles. The van der Waals surface area contributed by atoms with Gasteiger partial charge in [0.05, 0.1) is 25.4 Å². The molecule has 0 aliphatic heterocycles. The summed E-state index contributed by atoms with van der Waals surface area (Å²) in [7, 11) is 0. The molecule has 0 rings (SSSR count). The number of ether oxygens (including phenoxy) is 1. The molecule has 0 bridgehead atoms. The summed E-state index contributed by atoms with van der Waals surface area (Å²) in [5.41, 5.74) is 0. The van der Waals surface area contributed by atoms with E-state index in [0.29, 0.717) is 5.92 Å². The van der Waals surface area contributed by atoms with Crippen molar-refractivity contribution < 1.29 is 20.1 Å². The molecule has 0 fully saturated rings. The smallest absolute Gasteiger partial charge is 0.103 e. The summed E-state index contributed by atoms with van der Waals surface area (Å²) < 4.78 is 5.52. The zero-order chi connectivity index (χ0) is 12.0. The lowest BCUT2D eigenvalue weighted by Gasteiger charge is -2.29. The third-order valence-corrected chi connectivity index (χ3v) is 2.94. The van der Waals surface area contributed by atoms with Crippen molar-refractivity contribution in [1.29, 1.82) is 0 Å². The van der Waals surface area contributed by atoms with E-state index in [1.54, 1.807) is 6.92 Å². The Morgan fingerprint density at radius 2 is 1.53 bits per heavy atom. The van der Waals surface area contributed by atoms with Crippen molar-refractivity contribution in [3.8, 4) is 0 Å². The number of hydrogen-bond donors (Lipinski definition) is 3. The van der Waals surface area contributed by atoms with Crippen molar-refractivity contribution in [2.24, 2.45) is 11.8 Å². The molecule has 0 aliphatic carbocycles. The molecule has 4 atom stereocenters. The zero-order valence-electron chi connectivity index (χ0n) is 10.1. The van der Waals surface area contributed by atoms with Gasteiger partial charge in [-0.1, -0.05) is 20.8 Å². The molecule has 0 amide bonds. The van der Waals surface area contributed by atoms with Crippen LogP contribution in [0.15, 0.2) is 0 Å². The van der Waals surface area contributed by atoms with E-state index in [1.165, 1.54) is 0 Å². The Labute approximate surface area is 91.9 Å². The predicted molar refractivity (Wildman–Crippen MR) is 58.5 cm³/mol. The Morgan fingerprint density at radius 1 is 1.00 bits per heavy atom. The molecule has 15 heavy (non-hydrogen) atoms. The van der Waals surface area contributed by atoms with Gasteiger partial charge in [-0.2, -0.15) is 0 Å². The van der Waals surface area contributed by atoms with Crippen LogP contribution in [0.4, 0.5) is 0 Å². The summed E-state index contributed by atoms with van der Waals surface area (Å²) in [6.45, 7) is 7.42. The van der Waals surface area contributed by atoms with Crippen molar-refractivity contribution in [3.63, 3.8) is 0 Å². The van der Waals surface area contributed by atoms with Gasteiger partial charge in [0.1, 0.15) is 6.10 Å². The molecule has 0 aliphatic rings. The molecule has 0 heterocycles. The first-order valence-electron chi connectivity index (χ1n) is 5.49. The molecule has 4 heteroatoms. The molecule has 2 unspecified atom stereocenters. The van der Waals surface area contributed by atoms with Gasteiger partial charge in [0.2, 0.25) is 0 Å². The van der Waals surface area contributed by atoms with Crippen LogP contribution in [0.1, 0.15) is 27.7 Å². The van der Waals surface area contributed by atoms with Crippen LogP contribution in [0.25, 0.3) is 0 Å². The average Bonchev–Trinajstić information content (AvgIpc) is 2.22. The van der Waals surface area contributed by atoms with Gasteiger partial charge in [-0.25, -0.2) is 0 Å². The summed E-state index contributed by atoms with van der Waals surface area (Å²) in [6, 6.07) is 0. The lowest BCUT2D eigenvalue weighted by molar-refractivity contribution is -0.116. The Hall–Kier alpha value is -0.160. The van der Waals surface area contributed by atoms with Crippen molar-refractivity contribution in [3.05, 3.63) is 0 Å². The topological polar surface area (TPSA) is 69.9 Å². The van der Waals surface area contributed by atoms with Gasteiger partial charge < -0.3 is 20.1 Å². The van der Waals surface area contributed by atoms with E-state index in [0.717, 1.165) is 0 Å². The highest BCUT2D eigenvalue weighted by Crippen LogP contribution is 2.19. The van der Waals surface area contributed by atoms with Crippen LogP contribution in [0.3, 0.4) is 0 Å². The standard InChI is InChI=1S/C11H24O4/c1-7(2)8(3)11(6-13)15-9(4)10(14)5-12/h7-14H,5-6H2,1-4H3/t8-,9?,10+,11?/m1/s1. The van der Waals surface area contributed by atoms with Crippen LogP contribution < -0.4 is 0 Å². The van der Waals surface area contributed by atoms with Crippen LogP contribution >= 0.6 is 0 Å². The minimum absolute atomic E-state index is 0.0676. The first-order valence-corrected chi connectivity index (χ1v) is 5.49. The maximum atomic E-state index is 9.33. The Balaban J connectivity index is 4.20. The van der Waals surface area contributed by atoms with E-state index < -0.39 is 12.2 Å². The maximum absolute atomic E-state index is 9.33. The van der Waals surface area contributed by atoms with Gasteiger partial charge in [-0.05, 0) is 18.8 Å². The SMILES string of the molecule is CC(C)[C@@H](C)C(CO)OC(C)[C@@H](O)CO. The van der Waals surface area contributed by atoms with Crippen molar-refractivity contribution in [2.75, 3.05) is 13.2 Å². The highest BCUT2D eigenvalue weighted by molar-refractivity contribution is 4.72. The second-order valence-corrected chi connectivity index (χ2v) is 4.42. The summed E-state index contributed by atoms with van der Waals surface area (Å²) in [5.74, 6) is 0.615. The summed E-state index contributed by atoms with van der Waals surface area (Å²) in [4.78, 5) is 0. The van der Waals surface area contributed by atoms with E-state index in [-0.39, 0.29) is 25.2 Å². The number of aliphatic hydroxyl groups is 3. The first kappa shape index (κ1) is 14.8. The minimum atomic E-state index is -0.890. The second-order valence-electron chi connectivity index (χ2n) is 4.42. The van der Waals surface area contributed by atoms with Gasteiger partial charge in [0.25, 0.3) is 0 Å². The van der Waals surface area contributed by atoms with Crippen molar-refractivity contribution >= 4 is 0 Å². The Morgan fingerprint density at radius 3 is 1.87 bits per heavy atom. The molecule has 0 saturated heterocycles. The summed E-state index contributed by atoms with van der Waals surface area (Å²) in [5, 5.41) is 27.3.